The Morgan fingerprint density at radius 1 is 1.29 bits per heavy atom. The summed E-state index contributed by atoms with van der Waals surface area (Å²) in [4.78, 5) is 24.2. The fourth-order valence-corrected chi connectivity index (χ4v) is 4.24. The molecule has 2 aromatic heterocycles. The van der Waals surface area contributed by atoms with Gasteiger partial charge in [0.25, 0.3) is 5.78 Å². The van der Waals surface area contributed by atoms with Gasteiger partial charge in [-0.25, -0.2) is 4.98 Å². The smallest absolute Gasteiger partial charge is 0.254 e. The first kappa shape index (κ1) is 20.9. The summed E-state index contributed by atoms with van der Waals surface area (Å²) >= 11 is 0. The van der Waals surface area contributed by atoms with E-state index in [2.05, 4.69) is 32.2 Å². The molecule has 9 nitrogen and oxygen atoms in total. The second kappa shape index (κ2) is 8.79. The minimum Gasteiger partial charge on any atom is -0.497 e. The van der Waals surface area contributed by atoms with E-state index < -0.39 is 0 Å². The fraction of sp³-hybridized carbons (Fsp3) is 0.455. The summed E-state index contributed by atoms with van der Waals surface area (Å²) in [6.07, 6.45) is 4.08. The lowest BCUT2D eigenvalue weighted by Crippen LogP contribution is -2.42. The van der Waals surface area contributed by atoms with Gasteiger partial charge < -0.3 is 19.7 Å². The number of piperidine rings is 1. The Labute approximate surface area is 181 Å². The number of ether oxygens (including phenoxy) is 2. The molecule has 0 bridgehead atoms. The van der Waals surface area contributed by atoms with Gasteiger partial charge in [-0.1, -0.05) is 6.92 Å². The van der Waals surface area contributed by atoms with Crippen LogP contribution < -0.4 is 19.7 Å². The third kappa shape index (κ3) is 3.99. The lowest BCUT2D eigenvalue weighted by atomic mass is 9.96. The molecule has 1 aliphatic rings. The molecule has 1 amide bonds. The highest BCUT2D eigenvalue weighted by molar-refractivity contribution is 5.94. The molecule has 1 atom stereocenters. The van der Waals surface area contributed by atoms with Gasteiger partial charge in [0, 0.05) is 30.4 Å². The molecule has 1 unspecified atom stereocenters. The number of carbonyl (C=O) groups excluding carboxylic acids is 1. The van der Waals surface area contributed by atoms with Gasteiger partial charge in [0.15, 0.2) is 0 Å². The molecule has 0 saturated carbocycles. The largest absolute Gasteiger partial charge is 0.497 e. The Bertz CT molecular complexity index is 1100. The fourth-order valence-electron chi connectivity index (χ4n) is 4.24. The predicted molar refractivity (Wildman–Crippen MR) is 118 cm³/mol. The number of amides is 1. The average molecular weight is 425 g/mol. The second-order valence-electron chi connectivity index (χ2n) is 7.67. The van der Waals surface area contributed by atoms with Gasteiger partial charge in [-0.15, -0.1) is 0 Å². The van der Waals surface area contributed by atoms with Crippen molar-refractivity contribution < 1.29 is 14.3 Å². The van der Waals surface area contributed by atoms with E-state index in [0.29, 0.717) is 29.5 Å². The molecule has 0 spiro atoms. The summed E-state index contributed by atoms with van der Waals surface area (Å²) in [5, 5.41) is 7.43. The summed E-state index contributed by atoms with van der Waals surface area (Å²) in [5.74, 6) is 2.63. The summed E-state index contributed by atoms with van der Waals surface area (Å²) in [6, 6.07) is 5.37. The molecule has 1 fully saturated rings. The summed E-state index contributed by atoms with van der Waals surface area (Å²) in [5.41, 5.74) is 2.69. The number of nitrogens with one attached hydrogen (secondary N) is 1. The Balaban J connectivity index is 1.59. The molecule has 1 aliphatic heterocycles. The van der Waals surface area contributed by atoms with Crippen LogP contribution in [0.5, 0.6) is 11.5 Å². The first-order valence-corrected chi connectivity index (χ1v) is 10.5. The highest BCUT2D eigenvalue weighted by Crippen LogP contribution is 2.32. The number of hydrogen-bond donors (Lipinski definition) is 1. The lowest BCUT2D eigenvalue weighted by molar-refractivity contribution is -0.120. The number of anilines is 2. The monoisotopic (exact) mass is 424 g/mol. The molecule has 3 heterocycles. The Morgan fingerprint density at radius 3 is 2.87 bits per heavy atom. The molecule has 1 saturated heterocycles. The summed E-state index contributed by atoms with van der Waals surface area (Å²) in [6.45, 7) is 5.57. The van der Waals surface area contributed by atoms with Crippen molar-refractivity contribution in [1.29, 1.82) is 0 Å². The molecule has 9 heteroatoms. The van der Waals surface area contributed by atoms with E-state index in [-0.39, 0.29) is 11.8 Å². The van der Waals surface area contributed by atoms with Crippen LogP contribution in [0.3, 0.4) is 0 Å². The number of aromatic nitrogens is 4. The van der Waals surface area contributed by atoms with Gasteiger partial charge in [-0.05, 0) is 38.3 Å². The Morgan fingerprint density at radius 2 is 2.13 bits per heavy atom. The molecule has 4 rings (SSSR count). The van der Waals surface area contributed by atoms with Gasteiger partial charge in [-0.3, -0.25) is 4.79 Å². The van der Waals surface area contributed by atoms with Crippen molar-refractivity contribution in [3.63, 3.8) is 0 Å². The molecule has 1 N–H and O–H groups in total. The summed E-state index contributed by atoms with van der Waals surface area (Å²) in [7, 11) is 3.18. The highest BCUT2D eigenvalue weighted by atomic mass is 16.5. The average Bonchev–Trinajstić information content (AvgIpc) is 3.25. The van der Waals surface area contributed by atoms with Crippen molar-refractivity contribution in [3.8, 4) is 11.5 Å². The van der Waals surface area contributed by atoms with Crippen molar-refractivity contribution in [1.82, 2.24) is 19.6 Å². The van der Waals surface area contributed by atoms with E-state index in [1.807, 2.05) is 6.92 Å². The molecule has 164 valence electrons. The van der Waals surface area contributed by atoms with E-state index in [1.54, 1.807) is 36.9 Å². The van der Waals surface area contributed by atoms with Crippen LogP contribution in [-0.2, 0) is 11.2 Å². The SMILES string of the molecule is CCc1c(C)nc2ncnn2c1N1CCCC(C(=O)Nc2cc(OC)ccc2OC)C1. The molecule has 3 aromatic rings. The third-order valence-electron chi connectivity index (χ3n) is 5.81. The number of benzene rings is 1. The predicted octanol–water partition coefficient (Wildman–Crippen LogP) is 2.87. The maximum Gasteiger partial charge on any atom is 0.254 e. The van der Waals surface area contributed by atoms with Gasteiger partial charge in [0.05, 0.1) is 25.8 Å². The highest BCUT2D eigenvalue weighted by Gasteiger charge is 2.29. The number of carbonyl (C=O) groups is 1. The third-order valence-corrected chi connectivity index (χ3v) is 5.81. The minimum atomic E-state index is -0.165. The minimum absolute atomic E-state index is 0.0325. The van der Waals surface area contributed by atoms with Gasteiger partial charge >= 0.3 is 0 Å². The first-order chi connectivity index (χ1) is 15.0. The molecule has 31 heavy (non-hydrogen) atoms. The van der Waals surface area contributed by atoms with Gasteiger partial charge in [-0.2, -0.15) is 14.6 Å². The van der Waals surface area contributed by atoms with E-state index >= 15 is 0 Å². The Kier molecular flexibility index (Phi) is 5.92. The van der Waals surface area contributed by atoms with Gasteiger partial charge in [0.2, 0.25) is 5.91 Å². The van der Waals surface area contributed by atoms with Crippen LogP contribution in [0.4, 0.5) is 11.5 Å². The van der Waals surface area contributed by atoms with Gasteiger partial charge in [0.1, 0.15) is 23.6 Å². The maximum absolute atomic E-state index is 13.2. The standard InChI is InChI=1S/C22H28N6O3/c1-5-17-14(2)25-22-23-13-24-28(22)21(17)27-10-6-7-15(12-27)20(29)26-18-11-16(30-3)8-9-19(18)31-4/h8-9,11,13,15H,5-7,10,12H2,1-4H3,(H,26,29). The quantitative estimate of drug-likeness (QED) is 0.650. The zero-order valence-electron chi connectivity index (χ0n) is 18.4. The van der Waals surface area contributed by atoms with Crippen LogP contribution in [-0.4, -0.2) is 52.8 Å². The van der Waals surface area contributed by atoms with Crippen LogP contribution in [0.1, 0.15) is 31.0 Å². The first-order valence-electron chi connectivity index (χ1n) is 10.5. The van der Waals surface area contributed by atoms with Crippen LogP contribution in [0.25, 0.3) is 5.78 Å². The molecular weight excluding hydrogens is 396 g/mol. The molecular formula is C22H28N6O3. The van der Waals surface area contributed by atoms with Crippen LogP contribution in [0.2, 0.25) is 0 Å². The number of aryl methyl sites for hydroxylation is 1. The van der Waals surface area contributed by atoms with Crippen molar-refractivity contribution in [3.05, 3.63) is 35.8 Å². The number of hydrogen-bond acceptors (Lipinski definition) is 7. The van der Waals surface area contributed by atoms with Crippen LogP contribution >= 0.6 is 0 Å². The number of methoxy groups -OCH3 is 2. The number of nitrogens with zero attached hydrogens (tertiary/aromatic N) is 5. The number of rotatable bonds is 6. The van der Waals surface area contributed by atoms with Crippen LogP contribution in [0.15, 0.2) is 24.5 Å². The molecule has 0 radical (unpaired) electrons. The summed E-state index contributed by atoms with van der Waals surface area (Å²) < 4.78 is 12.5. The van der Waals surface area contributed by atoms with E-state index in [9.17, 15) is 4.79 Å². The molecule has 1 aromatic carbocycles. The topological polar surface area (TPSA) is 93.9 Å². The number of fused-ring (bicyclic) bond motifs is 1. The van der Waals surface area contributed by atoms with Crippen molar-refractivity contribution in [2.45, 2.75) is 33.1 Å². The zero-order chi connectivity index (χ0) is 22.0. The second-order valence-corrected chi connectivity index (χ2v) is 7.67. The zero-order valence-corrected chi connectivity index (χ0v) is 18.4. The molecule has 0 aliphatic carbocycles. The van der Waals surface area contributed by atoms with E-state index in [0.717, 1.165) is 42.9 Å². The van der Waals surface area contributed by atoms with E-state index in [1.165, 1.54) is 6.33 Å². The van der Waals surface area contributed by atoms with Crippen molar-refractivity contribution >= 4 is 23.2 Å². The lowest BCUT2D eigenvalue weighted by Gasteiger charge is -2.35. The maximum atomic E-state index is 13.2. The normalized spacial score (nSPS) is 16.4. The van der Waals surface area contributed by atoms with E-state index in [4.69, 9.17) is 9.47 Å². The van der Waals surface area contributed by atoms with Crippen molar-refractivity contribution in [2.24, 2.45) is 5.92 Å². The van der Waals surface area contributed by atoms with Crippen LogP contribution in [0, 0.1) is 12.8 Å². The Hall–Kier alpha value is -3.36. The van der Waals surface area contributed by atoms with Crippen molar-refractivity contribution in [2.75, 3.05) is 37.5 Å².